The molecule has 2 rings (SSSR count). The zero-order valence-electron chi connectivity index (χ0n) is 6.41. The van der Waals surface area contributed by atoms with Crippen molar-refractivity contribution in [2.45, 2.75) is 6.92 Å². The van der Waals surface area contributed by atoms with Gasteiger partial charge in [0.05, 0.1) is 5.92 Å². The first-order valence-electron chi connectivity index (χ1n) is 3.72. The van der Waals surface area contributed by atoms with Gasteiger partial charge in [0.2, 0.25) is 0 Å². The van der Waals surface area contributed by atoms with Crippen LogP contribution in [0.5, 0.6) is 0 Å². The van der Waals surface area contributed by atoms with Gasteiger partial charge in [0.1, 0.15) is 5.84 Å². The van der Waals surface area contributed by atoms with E-state index in [-0.39, 0.29) is 0 Å². The molecule has 0 aromatic heterocycles. The van der Waals surface area contributed by atoms with Crippen molar-refractivity contribution < 1.29 is 0 Å². The van der Waals surface area contributed by atoms with E-state index in [1.807, 2.05) is 24.6 Å². The molecule has 2 heteroatoms. The quantitative estimate of drug-likeness (QED) is 0.551. The van der Waals surface area contributed by atoms with E-state index >= 15 is 0 Å². The Kier molecular flexibility index (Phi) is 1.39. The van der Waals surface area contributed by atoms with E-state index in [1.165, 1.54) is 5.57 Å². The highest BCUT2D eigenvalue weighted by Crippen LogP contribution is 2.20. The first kappa shape index (κ1) is 6.40. The second kappa shape index (κ2) is 2.38. The third-order valence-corrected chi connectivity index (χ3v) is 1.93. The molecule has 2 aliphatic heterocycles. The monoisotopic (exact) mass is 146 g/mol. The highest BCUT2D eigenvalue weighted by atomic mass is 15.0. The van der Waals surface area contributed by atoms with Gasteiger partial charge in [-0.25, -0.2) is 4.99 Å². The van der Waals surface area contributed by atoms with Gasteiger partial charge in [-0.1, -0.05) is 12.2 Å². The molecule has 0 bridgehead atoms. The number of fused-ring (bicyclic) bond motifs is 1. The molecule has 1 N–H and O–H groups in total. The van der Waals surface area contributed by atoms with E-state index in [0.717, 1.165) is 5.84 Å². The van der Waals surface area contributed by atoms with E-state index in [2.05, 4.69) is 23.3 Å². The van der Waals surface area contributed by atoms with E-state index in [9.17, 15) is 0 Å². The van der Waals surface area contributed by atoms with E-state index in [4.69, 9.17) is 0 Å². The van der Waals surface area contributed by atoms with E-state index in [1.54, 1.807) is 0 Å². The molecule has 0 spiro atoms. The first-order valence-corrected chi connectivity index (χ1v) is 3.72. The van der Waals surface area contributed by atoms with Gasteiger partial charge < -0.3 is 5.32 Å². The van der Waals surface area contributed by atoms with Gasteiger partial charge in [-0.15, -0.1) is 0 Å². The summed E-state index contributed by atoms with van der Waals surface area (Å²) in [5.74, 6) is 1.41. The van der Waals surface area contributed by atoms with Gasteiger partial charge in [0, 0.05) is 12.4 Å². The molecule has 0 amide bonds. The largest absolute Gasteiger partial charge is 0.349 e. The van der Waals surface area contributed by atoms with Crippen molar-refractivity contribution in [3.8, 4) is 0 Å². The van der Waals surface area contributed by atoms with Crippen LogP contribution in [-0.2, 0) is 0 Å². The van der Waals surface area contributed by atoms with Crippen LogP contribution in [-0.4, -0.2) is 5.84 Å². The number of hydrogen-bond donors (Lipinski definition) is 1. The second-order valence-electron chi connectivity index (χ2n) is 2.75. The van der Waals surface area contributed by atoms with Crippen molar-refractivity contribution >= 4 is 5.84 Å². The maximum Gasteiger partial charge on any atom is 0.117 e. The van der Waals surface area contributed by atoms with Gasteiger partial charge in [-0.05, 0) is 18.6 Å². The molecule has 0 aliphatic carbocycles. The lowest BCUT2D eigenvalue weighted by atomic mass is 10.0. The van der Waals surface area contributed by atoms with Crippen molar-refractivity contribution in [3.05, 3.63) is 36.2 Å². The Hall–Kier alpha value is -1.31. The first-order chi connectivity index (χ1) is 5.38. The minimum absolute atomic E-state index is 0.380. The number of rotatable bonds is 0. The molecule has 2 nitrogen and oxygen atoms in total. The number of amidine groups is 1. The Balaban J connectivity index is 2.31. The molecule has 0 fully saturated rings. The number of allylic oxidation sites excluding steroid dienone is 2. The van der Waals surface area contributed by atoms with Crippen LogP contribution in [0.4, 0.5) is 0 Å². The maximum absolute atomic E-state index is 4.24. The zero-order chi connectivity index (χ0) is 7.68. The molecule has 1 atom stereocenters. The van der Waals surface area contributed by atoms with Gasteiger partial charge in [-0.3, -0.25) is 0 Å². The average Bonchev–Trinajstić information content (AvgIpc) is 2.25. The number of hydrogen-bond acceptors (Lipinski definition) is 2. The lowest BCUT2D eigenvalue weighted by Gasteiger charge is -2.07. The molecule has 1 unspecified atom stereocenters. The maximum atomic E-state index is 4.24. The van der Waals surface area contributed by atoms with Crippen molar-refractivity contribution in [1.82, 2.24) is 5.32 Å². The summed E-state index contributed by atoms with van der Waals surface area (Å²) in [4.78, 5) is 4.24. The molecule has 2 aliphatic rings. The second-order valence-corrected chi connectivity index (χ2v) is 2.75. The fourth-order valence-corrected chi connectivity index (χ4v) is 1.28. The van der Waals surface area contributed by atoms with Crippen molar-refractivity contribution in [2.24, 2.45) is 10.9 Å². The fourth-order valence-electron chi connectivity index (χ4n) is 1.28. The van der Waals surface area contributed by atoms with Gasteiger partial charge in [0.15, 0.2) is 0 Å². The van der Waals surface area contributed by atoms with Crippen LogP contribution in [0.3, 0.4) is 0 Å². The Morgan fingerprint density at radius 2 is 2.36 bits per heavy atom. The minimum atomic E-state index is 0.380. The van der Waals surface area contributed by atoms with Crippen molar-refractivity contribution in [2.75, 3.05) is 0 Å². The number of aliphatic imine (C=N–C) groups is 1. The van der Waals surface area contributed by atoms with Crippen LogP contribution in [0.15, 0.2) is 41.2 Å². The van der Waals surface area contributed by atoms with Crippen molar-refractivity contribution in [3.63, 3.8) is 0 Å². The Labute approximate surface area is 66.0 Å². The van der Waals surface area contributed by atoms with E-state index in [0.29, 0.717) is 5.92 Å². The average molecular weight is 146 g/mol. The molecular formula is C9H10N2. The molecule has 2 heterocycles. The summed E-state index contributed by atoms with van der Waals surface area (Å²) in [6.45, 7) is 2.10. The summed E-state index contributed by atoms with van der Waals surface area (Å²) in [5.41, 5.74) is 1.30. The lowest BCUT2D eigenvalue weighted by Crippen LogP contribution is -2.22. The summed E-state index contributed by atoms with van der Waals surface area (Å²) in [7, 11) is 0. The predicted molar refractivity (Wildman–Crippen MR) is 46.1 cm³/mol. The molecule has 0 saturated carbocycles. The highest BCUT2D eigenvalue weighted by molar-refractivity contribution is 5.92. The molecule has 0 saturated heterocycles. The summed E-state index contributed by atoms with van der Waals surface area (Å²) in [6.07, 6.45) is 9.99. The van der Waals surface area contributed by atoms with E-state index < -0.39 is 0 Å². The topological polar surface area (TPSA) is 24.4 Å². The van der Waals surface area contributed by atoms with Crippen LogP contribution >= 0.6 is 0 Å². The van der Waals surface area contributed by atoms with Crippen LogP contribution < -0.4 is 5.32 Å². The standard InChI is InChI=1S/C9H10N2/c1-7-6-11-9-8(7)4-2-3-5-10-9/h2-6,8H,1H3,(H,10,11). The van der Waals surface area contributed by atoms with Crippen LogP contribution in [0.25, 0.3) is 0 Å². The summed E-state index contributed by atoms with van der Waals surface area (Å²) in [6, 6.07) is 0. The molecule has 11 heavy (non-hydrogen) atoms. The predicted octanol–water partition coefficient (Wildman–Crippen LogP) is 1.59. The third kappa shape index (κ3) is 1.00. The van der Waals surface area contributed by atoms with Crippen molar-refractivity contribution in [1.29, 1.82) is 0 Å². The molecule has 0 aromatic carbocycles. The van der Waals surface area contributed by atoms with Gasteiger partial charge in [-0.2, -0.15) is 0 Å². The SMILES string of the molecule is CC1=CN=C2NC=CC=CC12. The smallest absolute Gasteiger partial charge is 0.117 e. The number of nitrogens with zero attached hydrogens (tertiary/aromatic N) is 1. The van der Waals surface area contributed by atoms with Crippen LogP contribution in [0.2, 0.25) is 0 Å². The molecule has 0 aromatic rings. The molecule has 0 radical (unpaired) electrons. The minimum Gasteiger partial charge on any atom is -0.349 e. The Bertz CT molecular complexity index is 282. The number of nitrogens with one attached hydrogen (secondary N) is 1. The summed E-state index contributed by atoms with van der Waals surface area (Å²) < 4.78 is 0. The fraction of sp³-hybridized carbons (Fsp3) is 0.222. The molecule has 56 valence electrons. The van der Waals surface area contributed by atoms with Crippen LogP contribution in [0, 0.1) is 5.92 Å². The Morgan fingerprint density at radius 1 is 1.45 bits per heavy atom. The van der Waals surface area contributed by atoms with Gasteiger partial charge >= 0.3 is 0 Å². The zero-order valence-corrected chi connectivity index (χ0v) is 6.41. The third-order valence-electron chi connectivity index (χ3n) is 1.93. The Morgan fingerprint density at radius 3 is 3.27 bits per heavy atom. The molecular weight excluding hydrogens is 136 g/mol. The lowest BCUT2D eigenvalue weighted by molar-refractivity contribution is 1.01. The summed E-state index contributed by atoms with van der Waals surface area (Å²) in [5, 5.41) is 3.13. The van der Waals surface area contributed by atoms with Gasteiger partial charge in [0.25, 0.3) is 0 Å². The highest BCUT2D eigenvalue weighted by Gasteiger charge is 2.18. The normalized spacial score (nSPS) is 26.8. The van der Waals surface area contributed by atoms with Crippen LogP contribution in [0.1, 0.15) is 6.92 Å². The summed E-state index contributed by atoms with van der Waals surface area (Å²) >= 11 is 0.